The molecule has 0 amide bonds. The van der Waals surface area contributed by atoms with Gasteiger partial charge in [-0.05, 0) is 26.8 Å². The van der Waals surface area contributed by atoms with Crippen molar-refractivity contribution in [3.05, 3.63) is 0 Å². The van der Waals surface area contributed by atoms with Crippen molar-refractivity contribution in [3.63, 3.8) is 0 Å². The summed E-state index contributed by atoms with van der Waals surface area (Å²) >= 11 is 0. The maximum absolute atomic E-state index is 5.77. The molecule has 0 aromatic rings. The second-order valence-electron chi connectivity index (χ2n) is 6.78. The minimum atomic E-state index is 0.298. The Morgan fingerprint density at radius 3 is 2.75 bits per heavy atom. The van der Waals surface area contributed by atoms with E-state index in [2.05, 4.69) is 39.4 Å². The van der Waals surface area contributed by atoms with Crippen LogP contribution in [0.25, 0.3) is 0 Å². The van der Waals surface area contributed by atoms with E-state index in [1.807, 2.05) is 7.05 Å². The number of hydrogen-bond acceptors (Lipinski definition) is 5. The molecule has 2 aliphatic rings. The summed E-state index contributed by atoms with van der Waals surface area (Å²) < 4.78 is 11.1. The average molecular weight is 342 g/mol. The first-order chi connectivity index (χ1) is 11.7. The Hall–Kier alpha value is -0.890. The Labute approximate surface area is 146 Å². The minimum Gasteiger partial charge on any atom is -0.379 e. The molecular formula is C17H35N5O2. The zero-order chi connectivity index (χ0) is 17.2. The molecule has 2 unspecified atom stereocenters. The highest BCUT2D eigenvalue weighted by Gasteiger charge is 2.19. The van der Waals surface area contributed by atoms with Crippen molar-refractivity contribution in [1.82, 2.24) is 20.4 Å². The van der Waals surface area contributed by atoms with Crippen LogP contribution >= 0.6 is 0 Å². The molecule has 140 valence electrons. The molecule has 2 fully saturated rings. The summed E-state index contributed by atoms with van der Waals surface area (Å²) in [6.45, 7) is 11.0. The molecule has 0 aliphatic carbocycles. The quantitative estimate of drug-likeness (QED) is 0.368. The molecule has 0 radical (unpaired) electrons. The average Bonchev–Trinajstić information content (AvgIpc) is 3.11. The lowest BCUT2D eigenvalue weighted by atomic mass is 10.2. The summed E-state index contributed by atoms with van der Waals surface area (Å²) in [5.74, 6) is 0.875. The molecule has 2 N–H and O–H groups in total. The van der Waals surface area contributed by atoms with Crippen molar-refractivity contribution >= 4 is 5.96 Å². The summed E-state index contributed by atoms with van der Waals surface area (Å²) in [5.41, 5.74) is 0. The van der Waals surface area contributed by atoms with E-state index >= 15 is 0 Å². The second kappa shape index (κ2) is 10.9. The fourth-order valence-corrected chi connectivity index (χ4v) is 3.03. The maximum atomic E-state index is 5.77. The molecule has 7 nitrogen and oxygen atoms in total. The normalized spacial score (nSPS) is 25.0. The number of likely N-dealkylation sites (N-methyl/N-ethyl adjacent to an activating group) is 1. The van der Waals surface area contributed by atoms with Gasteiger partial charge in [-0.2, -0.15) is 0 Å². The van der Waals surface area contributed by atoms with Crippen molar-refractivity contribution in [2.45, 2.75) is 31.9 Å². The van der Waals surface area contributed by atoms with Gasteiger partial charge < -0.3 is 25.0 Å². The summed E-state index contributed by atoms with van der Waals surface area (Å²) in [5, 5.41) is 6.79. The summed E-state index contributed by atoms with van der Waals surface area (Å²) in [7, 11) is 4.01. The lowest BCUT2D eigenvalue weighted by Gasteiger charge is -2.36. The molecule has 0 aromatic heterocycles. The van der Waals surface area contributed by atoms with Crippen LogP contribution < -0.4 is 10.6 Å². The zero-order valence-electron chi connectivity index (χ0n) is 15.6. The number of rotatable bonds is 8. The molecule has 24 heavy (non-hydrogen) atoms. The first kappa shape index (κ1) is 19.4. The van der Waals surface area contributed by atoms with Crippen LogP contribution in [0.15, 0.2) is 4.99 Å². The highest BCUT2D eigenvalue weighted by Crippen LogP contribution is 2.08. The van der Waals surface area contributed by atoms with Crippen molar-refractivity contribution in [1.29, 1.82) is 0 Å². The lowest BCUT2D eigenvalue weighted by Crippen LogP contribution is -2.52. The largest absolute Gasteiger partial charge is 0.379 e. The van der Waals surface area contributed by atoms with E-state index in [-0.39, 0.29) is 0 Å². The van der Waals surface area contributed by atoms with Gasteiger partial charge in [0.1, 0.15) is 0 Å². The summed E-state index contributed by atoms with van der Waals surface area (Å²) in [6, 6.07) is 0.517. The number of nitrogens with one attached hydrogen (secondary N) is 2. The Morgan fingerprint density at radius 2 is 2.08 bits per heavy atom. The Balaban J connectivity index is 1.53. The molecule has 2 atom stereocenters. The van der Waals surface area contributed by atoms with Crippen LogP contribution in [0.5, 0.6) is 0 Å². The first-order valence-electron chi connectivity index (χ1n) is 9.25. The predicted molar refractivity (Wildman–Crippen MR) is 97.7 cm³/mol. The topological polar surface area (TPSA) is 61.4 Å². The third kappa shape index (κ3) is 6.93. The molecule has 0 aromatic carbocycles. The molecule has 0 spiro atoms. The third-order valence-electron chi connectivity index (χ3n) is 4.80. The van der Waals surface area contributed by atoms with Gasteiger partial charge in [-0.1, -0.05) is 0 Å². The number of guanidine groups is 1. The van der Waals surface area contributed by atoms with Gasteiger partial charge in [-0.25, -0.2) is 0 Å². The highest BCUT2D eigenvalue weighted by atomic mass is 16.5. The second-order valence-corrected chi connectivity index (χ2v) is 6.78. The van der Waals surface area contributed by atoms with Crippen LogP contribution in [0, 0.1) is 0 Å². The number of nitrogens with zero attached hydrogens (tertiary/aromatic N) is 3. The van der Waals surface area contributed by atoms with Gasteiger partial charge in [0.05, 0.1) is 12.7 Å². The molecule has 0 bridgehead atoms. The Bertz CT molecular complexity index is 366. The van der Waals surface area contributed by atoms with E-state index in [9.17, 15) is 0 Å². The zero-order valence-corrected chi connectivity index (χ0v) is 15.6. The molecule has 0 saturated carbocycles. The molecule has 7 heteroatoms. The fourth-order valence-electron chi connectivity index (χ4n) is 3.03. The standard InChI is InChI=1S/C17H35N5O2/c1-15(22-9-7-21(3)8-10-22)13-20-17(18-2)19-6-4-11-24-16-5-12-23-14-16/h15-16H,4-14H2,1-3H3,(H2,18,19,20). The van der Waals surface area contributed by atoms with E-state index in [1.54, 1.807) is 0 Å². The SMILES string of the molecule is CN=C(NCCCOC1CCOC1)NCC(C)N1CCN(C)CC1. The predicted octanol–water partition coefficient (Wildman–Crippen LogP) is -0.0171. The van der Waals surface area contributed by atoms with Crippen LogP contribution in [0.1, 0.15) is 19.8 Å². The number of ether oxygens (including phenoxy) is 2. The van der Waals surface area contributed by atoms with Gasteiger partial charge >= 0.3 is 0 Å². The fraction of sp³-hybridized carbons (Fsp3) is 0.941. The lowest BCUT2D eigenvalue weighted by molar-refractivity contribution is 0.0420. The van der Waals surface area contributed by atoms with Crippen LogP contribution in [-0.2, 0) is 9.47 Å². The number of piperazine rings is 1. The smallest absolute Gasteiger partial charge is 0.191 e. The highest BCUT2D eigenvalue weighted by molar-refractivity contribution is 5.79. The minimum absolute atomic E-state index is 0.298. The first-order valence-corrected chi connectivity index (χ1v) is 9.25. The van der Waals surface area contributed by atoms with Gasteiger partial charge in [0.2, 0.25) is 0 Å². The summed E-state index contributed by atoms with van der Waals surface area (Å²) in [4.78, 5) is 9.22. The van der Waals surface area contributed by atoms with Crippen LogP contribution in [-0.4, -0.2) is 101 Å². The van der Waals surface area contributed by atoms with Crippen LogP contribution in [0.2, 0.25) is 0 Å². The monoisotopic (exact) mass is 341 g/mol. The molecular weight excluding hydrogens is 306 g/mol. The molecule has 2 aliphatic heterocycles. The molecule has 2 saturated heterocycles. The number of aliphatic imine (C=N–C) groups is 1. The Kier molecular flexibility index (Phi) is 8.80. The molecule has 2 rings (SSSR count). The van der Waals surface area contributed by atoms with Crippen LogP contribution in [0.3, 0.4) is 0 Å². The van der Waals surface area contributed by atoms with E-state index in [0.29, 0.717) is 12.1 Å². The van der Waals surface area contributed by atoms with E-state index < -0.39 is 0 Å². The maximum Gasteiger partial charge on any atom is 0.191 e. The van der Waals surface area contributed by atoms with Gasteiger partial charge in [0, 0.05) is 65.6 Å². The third-order valence-corrected chi connectivity index (χ3v) is 4.80. The van der Waals surface area contributed by atoms with Crippen molar-refractivity contribution in [3.8, 4) is 0 Å². The van der Waals surface area contributed by atoms with Crippen LogP contribution in [0.4, 0.5) is 0 Å². The van der Waals surface area contributed by atoms with Crippen molar-refractivity contribution in [2.75, 3.05) is 73.2 Å². The summed E-state index contributed by atoms with van der Waals surface area (Å²) in [6.07, 6.45) is 2.30. The van der Waals surface area contributed by atoms with Gasteiger partial charge in [-0.15, -0.1) is 0 Å². The van der Waals surface area contributed by atoms with Gasteiger partial charge in [-0.3, -0.25) is 9.89 Å². The van der Waals surface area contributed by atoms with Crippen molar-refractivity contribution < 1.29 is 9.47 Å². The van der Waals surface area contributed by atoms with Gasteiger partial charge in [0.25, 0.3) is 0 Å². The van der Waals surface area contributed by atoms with E-state index in [1.165, 1.54) is 0 Å². The number of hydrogen-bond donors (Lipinski definition) is 2. The molecule has 2 heterocycles. The van der Waals surface area contributed by atoms with Gasteiger partial charge in [0.15, 0.2) is 5.96 Å². The van der Waals surface area contributed by atoms with E-state index in [0.717, 1.165) is 77.9 Å². The van der Waals surface area contributed by atoms with Crippen molar-refractivity contribution in [2.24, 2.45) is 4.99 Å². The Morgan fingerprint density at radius 1 is 1.29 bits per heavy atom. The van der Waals surface area contributed by atoms with E-state index in [4.69, 9.17) is 9.47 Å².